The number of phosphoric ester groups is 1. The predicted octanol–water partition coefficient (Wildman–Crippen LogP) is 16.9. The van der Waals surface area contributed by atoms with Gasteiger partial charge in [0.1, 0.15) is 0 Å². The first-order valence-corrected chi connectivity index (χ1v) is 30.0. The Morgan fingerprint density at radius 1 is 0.681 bits per heavy atom. The molecular formula is C60H101O8P. The average molecular weight is 981 g/mol. The smallest absolute Gasteiger partial charge is 0.472 e. The summed E-state index contributed by atoms with van der Waals surface area (Å²) in [6.07, 6.45) is 35.4. The lowest BCUT2D eigenvalue weighted by Gasteiger charge is -2.58. The molecule has 9 heteroatoms. The molecule has 0 saturated heterocycles. The Balaban J connectivity index is 0.871. The molecule has 0 radical (unpaired) electrons. The van der Waals surface area contributed by atoms with Crippen molar-refractivity contribution in [1.82, 2.24) is 0 Å². The molecule has 8 nitrogen and oxygen atoms in total. The number of aliphatic carboxylic acids is 2. The zero-order chi connectivity index (χ0) is 50.5. The van der Waals surface area contributed by atoms with E-state index in [0.717, 1.165) is 104 Å². The topological polar surface area (TPSA) is 130 Å². The largest absolute Gasteiger partial charge is 0.481 e. The summed E-state index contributed by atoms with van der Waals surface area (Å²) in [6, 6.07) is 6.25. The fraction of sp³-hybridized carbons (Fsp3) is 0.833. The predicted molar refractivity (Wildman–Crippen MR) is 283 cm³/mol. The number of allylic oxidation sites excluding steroid dienone is 1. The number of aryl methyl sites for hydroxylation is 1. The summed E-state index contributed by atoms with van der Waals surface area (Å²) in [5, 5.41) is 19.4. The maximum absolute atomic E-state index is 13.1. The van der Waals surface area contributed by atoms with Crippen molar-refractivity contribution in [3.05, 3.63) is 46.5 Å². The van der Waals surface area contributed by atoms with Crippen LogP contribution in [0.2, 0.25) is 0 Å². The third kappa shape index (κ3) is 16.8. The van der Waals surface area contributed by atoms with E-state index >= 15 is 0 Å². The summed E-state index contributed by atoms with van der Waals surface area (Å²) in [5.41, 5.74) is 3.50. The molecule has 5 rings (SSSR count). The molecule has 9 atom stereocenters. The maximum atomic E-state index is 13.1. The second-order valence-corrected chi connectivity index (χ2v) is 26.9. The Morgan fingerprint density at radius 3 is 1.74 bits per heavy atom. The molecule has 0 heterocycles. The van der Waals surface area contributed by atoms with Crippen LogP contribution in [-0.4, -0.2) is 39.8 Å². The van der Waals surface area contributed by atoms with Gasteiger partial charge in [-0.3, -0.25) is 18.6 Å². The number of carboxylic acid groups (broad SMARTS) is 2. The van der Waals surface area contributed by atoms with Gasteiger partial charge in [-0.1, -0.05) is 167 Å². The van der Waals surface area contributed by atoms with Gasteiger partial charge in [0.15, 0.2) is 0 Å². The van der Waals surface area contributed by atoms with Crippen molar-refractivity contribution in [1.29, 1.82) is 0 Å². The molecule has 3 N–H and O–H groups in total. The molecule has 0 bridgehead atoms. The first-order valence-electron chi connectivity index (χ1n) is 28.5. The van der Waals surface area contributed by atoms with Crippen LogP contribution in [0.1, 0.15) is 246 Å². The van der Waals surface area contributed by atoms with Gasteiger partial charge in [-0.25, -0.2) is 4.57 Å². The molecular weight excluding hydrogens is 880 g/mol. The molecule has 3 fully saturated rings. The molecule has 1 aromatic rings. The first-order chi connectivity index (χ1) is 32.6. The number of rotatable bonds is 32. The zero-order valence-corrected chi connectivity index (χ0v) is 46.3. The Hall–Kier alpha value is -1.99. The summed E-state index contributed by atoms with van der Waals surface area (Å²) in [4.78, 5) is 34.3. The minimum atomic E-state index is -4.09. The van der Waals surface area contributed by atoms with Gasteiger partial charge < -0.3 is 15.1 Å². The van der Waals surface area contributed by atoms with Crippen molar-refractivity contribution in [2.45, 2.75) is 255 Å². The van der Waals surface area contributed by atoms with E-state index in [9.17, 15) is 29.3 Å². The highest BCUT2D eigenvalue weighted by atomic mass is 31.2. The van der Waals surface area contributed by atoms with E-state index in [2.05, 4.69) is 52.8 Å². The number of carbonyl (C=O) groups is 2. The van der Waals surface area contributed by atoms with Crippen LogP contribution in [0, 0.1) is 57.2 Å². The minimum absolute atomic E-state index is 0.191. The summed E-state index contributed by atoms with van der Waals surface area (Å²) >= 11 is 0. The fourth-order valence-corrected chi connectivity index (χ4v) is 15.2. The van der Waals surface area contributed by atoms with Crippen molar-refractivity contribution >= 4 is 19.8 Å². The number of carboxylic acids is 2. The van der Waals surface area contributed by atoms with Crippen LogP contribution in [0.25, 0.3) is 0 Å². The molecule has 4 aliphatic carbocycles. The zero-order valence-electron chi connectivity index (χ0n) is 45.4. The van der Waals surface area contributed by atoms with Gasteiger partial charge in [0.05, 0.1) is 23.5 Å². The minimum Gasteiger partial charge on any atom is -0.481 e. The quantitative estimate of drug-likeness (QED) is 0.0370. The Kier molecular flexibility index (Phi) is 22.1. The van der Waals surface area contributed by atoms with E-state index in [4.69, 9.17) is 9.05 Å². The average Bonchev–Trinajstić information content (AvgIpc) is 3.62. The van der Waals surface area contributed by atoms with Crippen molar-refractivity contribution in [3.63, 3.8) is 0 Å². The van der Waals surface area contributed by atoms with Gasteiger partial charge in [0.2, 0.25) is 0 Å². The first kappa shape index (κ1) is 57.9. The lowest BCUT2D eigenvalue weighted by Crippen LogP contribution is -2.51. The number of fused-ring (bicyclic) bond motifs is 5. The van der Waals surface area contributed by atoms with Gasteiger partial charge in [-0.05, 0) is 174 Å². The monoisotopic (exact) mass is 981 g/mol. The molecule has 1 aromatic carbocycles. The molecule has 4 aliphatic rings. The summed E-state index contributed by atoms with van der Waals surface area (Å²) in [7, 11) is -4.09. The van der Waals surface area contributed by atoms with Gasteiger partial charge >= 0.3 is 19.8 Å². The third-order valence-corrected chi connectivity index (χ3v) is 19.5. The normalized spacial score (nSPS) is 27.3. The molecule has 0 amide bonds. The molecule has 0 aromatic heterocycles. The van der Waals surface area contributed by atoms with Crippen LogP contribution in [-0.2, 0) is 42.5 Å². The number of hydrogen-bond donors (Lipinski definition) is 3. The Morgan fingerprint density at radius 2 is 1.20 bits per heavy atom. The van der Waals surface area contributed by atoms with Crippen LogP contribution >= 0.6 is 7.82 Å². The Bertz CT molecular complexity index is 1800. The highest BCUT2D eigenvalue weighted by Crippen LogP contribution is 2.68. The summed E-state index contributed by atoms with van der Waals surface area (Å²) < 4.78 is 24.5. The number of phosphoric acid groups is 1. The number of benzene rings is 1. The van der Waals surface area contributed by atoms with Crippen molar-refractivity contribution < 1.29 is 38.3 Å². The molecule has 0 aliphatic heterocycles. The fourth-order valence-electron chi connectivity index (χ4n) is 14.2. The molecule has 0 spiro atoms. The van der Waals surface area contributed by atoms with Crippen LogP contribution in [0.15, 0.2) is 29.8 Å². The molecule has 6 unspecified atom stereocenters. The van der Waals surface area contributed by atoms with E-state index in [1.807, 2.05) is 6.07 Å². The van der Waals surface area contributed by atoms with Gasteiger partial charge in [-0.15, -0.1) is 0 Å². The van der Waals surface area contributed by atoms with E-state index < -0.39 is 30.6 Å². The van der Waals surface area contributed by atoms with Crippen LogP contribution in [0.5, 0.6) is 0 Å². The second-order valence-electron chi connectivity index (χ2n) is 25.5. The van der Waals surface area contributed by atoms with Crippen molar-refractivity contribution in [3.8, 4) is 0 Å². The van der Waals surface area contributed by atoms with Gasteiger partial charge in [0.25, 0.3) is 0 Å². The summed E-state index contributed by atoms with van der Waals surface area (Å²) in [6.45, 7) is 19.7. The van der Waals surface area contributed by atoms with Crippen molar-refractivity contribution in [2.24, 2.45) is 57.2 Å². The molecule has 394 valence electrons. The van der Waals surface area contributed by atoms with E-state index in [-0.39, 0.29) is 18.1 Å². The van der Waals surface area contributed by atoms with Crippen LogP contribution < -0.4 is 0 Å². The highest BCUT2D eigenvalue weighted by Gasteiger charge is 2.59. The van der Waals surface area contributed by atoms with Gasteiger partial charge in [0, 0.05) is 0 Å². The van der Waals surface area contributed by atoms with Crippen molar-refractivity contribution in [2.75, 3.05) is 6.61 Å². The van der Waals surface area contributed by atoms with Gasteiger partial charge in [-0.2, -0.15) is 0 Å². The highest BCUT2D eigenvalue weighted by molar-refractivity contribution is 7.47. The lowest BCUT2D eigenvalue weighted by atomic mass is 9.47. The SMILES string of the molecule is CC(C)CCCC(C)C1CCC2C3CC=C4C[C@@H](OP(=O)(O)OCCCCCCCCCCCCCCCCCc5cc(CC(C)(C)C(=O)O)cc(CC(C)(C)C(=O)O)c5)CC[C@]4(C)C3CC[C@]12C. The summed E-state index contributed by atoms with van der Waals surface area (Å²) in [5.74, 6) is 3.19. The van der Waals surface area contributed by atoms with Crippen LogP contribution in [0.4, 0.5) is 0 Å². The van der Waals surface area contributed by atoms with E-state index in [1.165, 1.54) is 127 Å². The number of unbranched alkanes of at least 4 members (excludes halogenated alkanes) is 14. The second kappa shape index (κ2) is 26.3. The lowest BCUT2D eigenvalue weighted by molar-refractivity contribution is -0.147. The van der Waals surface area contributed by atoms with Crippen LogP contribution in [0.3, 0.4) is 0 Å². The molecule has 69 heavy (non-hydrogen) atoms. The third-order valence-electron chi connectivity index (χ3n) is 18.5. The maximum Gasteiger partial charge on any atom is 0.472 e. The van der Waals surface area contributed by atoms with E-state index in [1.54, 1.807) is 27.7 Å². The molecule has 3 saturated carbocycles. The number of hydrogen-bond acceptors (Lipinski definition) is 5. The Labute approximate surface area is 421 Å². The standard InChI is InChI=1S/C60H101O8P/c1-44(2)26-25-27-45(3)52-31-32-53-51-30-29-49-41-50(33-35-59(49,8)54(51)34-36-60(52,53)9)68-69(65,66)67-37-24-22-20-18-16-14-12-10-11-13-15-17-19-21-23-28-46-38-47(42-57(4,5)55(61)62)40-48(39-46)43-58(6,7)56(63)64/h29,38-40,44-45,50-54H,10-28,30-37,41-43H2,1-9H3,(H,61,62)(H,63,64)(H,65,66)/t45?,50-,51?,52?,53?,54?,59-,60+/m0/s1. The van der Waals surface area contributed by atoms with E-state index in [0.29, 0.717) is 18.3 Å².